The molecule has 0 bridgehead atoms. The van der Waals surface area contributed by atoms with Gasteiger partial charge in [-0.25, -0.2) is 0 Å². The lowest BCUT2D eigenvalue weighted by atomic mass is 10.4. The summed E-state index contributed by atoms with van der Waals surface area (Å²) in [6.45, 7) is 5.17. The van der Waals surface area contributed by atoms with Gasteiger partial charge in [-0.2, -0.15) is 0 Å². The molecule has 3 heteroatoms. The Bertz CT molecular complexity index is 114. The average Bonchev–Trinajstić information content (AvgIpc) is 1.87. The minimum Gasteiger partial charge on any atom is -0.336 e. The van der Waals surface area contributed by atoms with Crippen LogP contribution in [0.5, 0.6) is 0 Å². The van der Waals surface area contributed by atoms with Gasteiger partial charge in [0.05, 0.1) is 0 Å². The summed E-state index contributed by atoms with van der Waals surface area (Å²) in [7, 11) is 0. The first-order chi connectivity index (χ1) is 4.20. The maximum Gasteiger partial charge on any atom is 0.244 e. The lowest BCUT2D eigenvalue weighted by Crippen LogP contribution is -2.28. The fourth-order valence-corrected chi connectivity index (χ4v) is 0.423. The fraction of sp³-hybridized carbons (Fsp3) is 0.500. The monoisotopic (exact) mass is 147 g/mol. The summed E-state index contributed by atoms with van der Waals surface area (Å²) < 4.78 is 0. The van der Waals surface area contributed by atoms with Crippen molar-refractivity contribution in [2.24, 2.45) is 0 Å². The molecule has 1 amide bonds. The maximum atomic E-state index is 10.5. The molecule has 0 saturated heterocycles. The van der Waals surface area contributed by atoms with Gasteiger partial charge >= 0.3 is 0 Å². The van der Waals surface area contributed by atoms with E-state index in [9.17, 15) is 4.79 Å². The van der Waals surface area contributed by atoms with Gasteiger partial charge in [0.15, 0.2) is 0 Å². The first kappa shape index (κ1) is 8.50. The van der Waals surface area contributed by atoms with Gasteiger partial charge in [0, 0.05) is 0 Å². The van der Waals surface area contributed by atoms with Crippen LogP contribution >= 0.6 is 11.6 Å². The molecule has 0 aliphatic rings. The Kier molecular flexibility index (Phi) is 4.14. The second-order valence-corrected chi connectivity index (χ2v) is 2.12. The van der Waals surface area contributed by atoms with E-state index in [1.165, 1.54) is 6.08 Å². The van der Waals surface area contributed by atoms with Crippen molar-refractivity contribution in [3.63, 3.8) is 0 Å². The van der Waals surface area contributed by atoms with Crippen molar-refractivity contribution >= 4 is 17.5 Å². The molecule has 1 N–H and O–H groups in total. The highest BCUT2D eigenvalue weighted by atomic mass is 35.5. The van der Waals surface area contributed by atoms with Gasteiger partial charge < -0.3 is 5.32 Å². The van der Waals surface area contributed by atoms with Crippen LogP contribution < -0.4 is 5.32 Å². The van der Waals surface area contributed by atoms with Gasteiger partial charge in [0.1, 0.15) is 5.50 Å². The molecule has 1 atom stereocenters. The highest BCUT2D eigenvalue weighted by molar-refractivity contribution is 6.21. The number of nitrogens with one attached hydrogen (secondary N) is 1. The molecule has 0 radical (unpaired) electrons. The topological polar surface area (TPSA) is 29.1 Å². The summed E-state index contributed by atoms with van der Waals surface area (Å²) in [5.74, 6) is -0.225. The standard InChI is InChI=1S/C6H10ClNO/c1-3-5(7)8-6(9)4-2/h4-5H,2-3H2,1H3,(H,8,9). The smallest absolute Gasteiger partial charge is 0.244 e. The summed E-state index contributed by atoms with van der Waals surface area (Å²) in [4.78, 5) is 10.5. The molecular weight excluding hydrogens is 138 g/mol. The molecule has 0 heterocycles. The van der Waals surface area contributed by atoms with Gasteiger partial charge in [0.2, 0.25) is 5.91 Å². The third kappa shape index (κ3) is 4.03. The highest BCUT2D eigenvalue weighted by Crippen LogP contribution is 1.94. The molecule has 0 aromatic rings. The molecule has 0 aromatic heterocycles. The van der Waals surface area contributed by atoms with E-state index in [1.54, 1.807) is 0 Å². The number of carbonyl (C=O) groups excluding carboxylic acids is 1. The number of halogens is 1. The van der Waals surface area contributed by atoms with Crippen molar-refractivity contribution in [2.45, 2.75) is 18.8 Å². The predicted molar refractivity (Wildman–Crippen MR) is 38.3 cm³/mol. The summed E-state index contributed by atoms with van der Waals surface area (Å²) in [6, 6.07) is 0. The van der Waals surface area contributed by atoms with E-state index in [1.807, 2.05) is 6.92 Å². The van der Waals surface area contributed by atoms with Crippen LogP contribution in [0.2, 0.25) is 0 Å². The van der Waals surface area contributed by atoms with Crippen molar-refractivity contribution in [1.29, 1.82) is 0 Å². The van der Waals surface area contributed by atoms with E-state index in [4.69, 9.17) is 11.6 Å². The predicted octanol–water partition coefficient (Wildman–Crippen LogP) is 1.26. The Morgan fingerprint density at radius 2 is 2.56 bits per heavy atom. The molecular formula is C6H10ClNO. The summed E-state index contributed by atoms with van der Waals surface area (Å²) >= 11 is 5.56. The van der Waals surface area contributed by atoms with Crippen molar-refractivity contribution in [1.82, 2.24) is 5.32 Å². The van der Waals surface area contributed by atoms with Crippen molar-refractivity contribution in [3.05, 3.63) is 12.7 Å². The van der Waals surface area contributed by atoms with Crippen molar-refractivity contribution in [2.75, 3.05) is 0 Å². The van der Waals surface area contributed by atoms with Crippen LogP contribution in [0.1, 0.15) is 13.3 Å². The molecule has 1 unspecified atom stereocenters. The number of hydrogen-bond donors (Lipinski definition) is 1. The molecule has 0 fully saturated rings. The van der Waals surface area contributed by atoms with E-state index < -0.39 is 0 Å². The summed E-state index contributed by atoms with van der Waals surface area (Å²) in [6.07, 6.45) is 1.92. The van der Waals surface area contributed by atoms with E-state index in [0.29, 0.717) is 0 Å². The molecule has 2 nitrogen and oxygen atoms in total. The largest absolute Gasteiger partial charge is 0.336 e. The normalized spacial score (nSPS) is 12.2. The molecule has 0 rings (SSSR count). The van der Waals surface area contributed by atoms with E-state index in [2.05, 4.69) is 11.9 Å². The second kappa shape index (κ2) is 4.39. The minimum atomic E-state index is -0.268. The van der Waals surface area contributed by atoms with Crippen LogP contribution in [-0.4, -0.2) is 11.4 Å². The van der Waals surface area contributed by atoms with Crippen LogP contribution in [0.25, 0.3) is 0 Å². The fourth-order valence-electron chi connectivity index (χ4n) is 0.315. The number of amides is 1. The molecule has 0 aromatic carbocycles. The van der Waals surface area contributed by atoms with E-state index >= 15 is 0 Å². The molecule has 0 aliphatic heterocycles. The van der Waals surface area contributed by atoms with Gasteiger partial charge in [-0.1, -0.05) is 25.1 Å². The summed E-state index contributed by atoms with van der Waals surface area (Å²) in [5.41, 5.74) is -0.268. The molecule has 9 heavy (non-hydrogen) atoms. The SMILES string of the molecule is C=CC(=O)NC(Cl)CC. The average molecular weight is 148 g/mol. The third-order valence-corrected chi connectivity index (χ3v) is 1.26. The first-order valence-electron chi connectivity index (χ1n) is 2.77. The molecule has 0 spiro atoms. The Hall–Kier alpha value is -0.500. The highest BCUT2D eigenvalue weighted by Gasteiger charge is 2.00. The zero-order valence-electron chi connectivity index (χ0n) is 5.36. The molecule has 0 aliphatic carbocycles. The lowest BCUT2D eigenvalue weighted by Gasteiger charge is -2.05. The zero-order valence-corrected chi connectivity index (χ0v) is 6.11. The number of hydrogen-bond acceptors (Lipinski definition) is 1. The minimum absolute atomic E-state index is 0.225. The Labute approximate surface area is 59.9 Å². The van der Waals surface area contributed by atoms with E-state index in [0.717, 1.165) is 6.42 Å². The molecule has 52 valence electrons. The van der Waals surface area contributed by atoms with Gasteiger partial charge in [-0.3, -0.25) is 4.79 Å². The van der Waals surface area contributed by atoms with Crippen molar-refractivity contribution in [3.8, 4) is 0 Å². The van der Waals surface area contributed by atoms with Crippen molar-refractivity contribution < 1.29 is 4.79 Å². The lowest BCUT2D eigenvalue weighted by molar-refractivity contribution is -0.116. The Morgan fingerprint density at radius 3 is 2.89 bits per heavy atom. The number of alkyl halides is 1. The zero-order chi connectivity index (χ0) is 7.28. The maximum absolute atomic E-state index is 10.5. The number of carbonyl (C=O) groups is 1. The summed E-state index contributed by atoms with van der Waals surface area (Å²) in [5, 5.41) is 2.49. The van der Waals surface area contributed by atoms with Crippen LogP contribution in [-0.2, 0) is 4.79 Å². The van der Waals surface area contributed by atoms with Gasteiger partial charge in [0.25, 0.3) is 0 Å². The quantitative estimate of drug-likeness (QED) is 0.364. The Balaban J connectivity index is 3.46. The Morgan fingerprint density at radius 1 is 2.00 bits per heavy atom. The van der Waals surface area contributed by atoms with Gasteiger partial charge in [-0.15, -0.1) is 0 Å². The van der Waals surface area contributed by atoms with Crippen LogP contribution in [0.4, 0.5) is 0 Å². The van der Waals surface area contributed by atoms with Crippen LogP contribution in [0.3, 0.4) is 0 Å². The van der Waals surface area contributed by atoms with Crippen LogP contribution in [0, 0.1) is 0 Å². The van der Waals surface area contributed by atoms with E-state index in [-0.39, 0.29) is 11.4 Å². The first-order valence-corrected chi connectivity index (χ1v) is 3.21. The van der Waals surface area contributed by atoms with Gasteiger partial charge in [-0.05, 0) is 12.5 Å². The third-order valence-electron chi connectivity index (χ3n) is 0.843. The molecule has 0 saturated carbocycles. The van der Waals surface area contributed by atoms with Crippen LogP contribution in [0.15, 0.2) is 12.7 Å². The number of rotatable bonds is 3. The second-order valence-electron chi connectivity index (χ2n) is 1.59.